The molecule has 0 aliphatic carbocycles. The molecule has 0 saturated carbocycles. The Labute approximate surface area is 123 Å². The van der Waals surface area contributed by atoms with Crippen molar-refractivity contribution in [1.29, 1.82) is 0 Å². The lowest BCUT2D eigenvalue weighted by atomic mass is 10.1. The summed E-state index contributed by atoms with van der Waals surface area (Å²) in [6.07, 6.45) is 0.557. The lowest BCUT2D eigenvalue weighted by Crippen LogP contribution is -2.07. The van der Waals surface area contributed by atoms with Crippen molar-refractivity contribution in [1.82, 2.24) is 0 Å². The maximum absolute atomic E-state index is 11.9. The fourth-order valence-electron chi connectivity index (χ4n) is 2.22. The van der Waals surface area contributed by atoms with Gasteiger partial charge in [0.1, 0.15) is 16.9 Å². The molecule has 6 heteroatoms. The topological polar surface area (TPSA) is 73.6 Å². The van der Waals surface area contributed by atoms with Crippen LogP contribution in [0.5, 0.6) is 0 Å². The van der Waals surface area contributed by atoms with E-state index in [4.69, 9.17) is 9.15 Å². The molecule has 5 nitrogen and oxygen atoms in total. The molecule has 0 unspecified atom stereocenters. The first-order valence-electron chi connectivity index (χ1n) is 6.74. The fourth-order valence-corrected chi connectivity index (χ4v) is 3.11. The molecular weight excluding hydrogens is 292 g/mol. The quantitative estimate of drug-likeness (QED) is 0.794. The third-order valence-corrected chi connectivity index (χ3v) is 5.02. The summed E-state index contributed by atoms with van der Waals surface area (Å²) in [6.45, 7) is 3.49. The van der Waals surface area contributed by atoms with Gasteiger partial charge in [0.2, 0.25) is 0 Å². The molecule has 1 aromatic carbocycles. The summed E-state index contributed by atoms with van der Waals surface area (Å²) in [5, 5.41) is 0.600. The summed E-state index contributed by atoms with van der Waals surface area (Å²) >= 11 is 0. The van der Waals surface area contributed by atoms with E-state index in [1.807, 2.05) is 6.92 Å². The van der Waals surface area contributed by atoms with Crippen molar-refractivity contribution in [3.8, 4) is 0 Å². The monoisotopic (exact) mass is 310 g/mol. The van der Waals surface area contributed by atoms with Crippen LogP contribution >= 0.6 is 0 Å². The van der Waals surface area contributed by atoms with Gasteiger partial charge in [0.05, 0.1) is 12.9 Å². The highest BCUT2D eigenvalue weighted by atomic mass is 32.2. The third-order valence-electron chi connectivity index (χ3n) is 3.36. The lowest BCUT2D eigenvalue weighted by molar-refractivity contribution is 0.0600. The van der Waals surface area contributed by atoms with Crippen LogP contribution in [0.1, 0.15) is 35.5 Å². The zero-order valence-electron chi connectivity index (χ0n) is 12.3. The molecule has 0 saturated heterocycles. The van der Waals surface area contributed by atoms with Crippen LogP contribution in [0.3, 0.4) is 0 Å². The highest BCUT2D eigenvalue weighted by Crippen LogP contribution is 2.28. The van der Waals surface area contributed by atoms with Crippen molar-refractivity contribution in [2.75, 3.05) is 12.9 Å². The van der Waals surface area contributed by atoms with Crippen LogP contribution in [0, 0.1) is 0 Å². The van der Waals surface area contributed by atoms with E-state index in [1.165, 1.54) is 7.11 Å². The summed E-state index contributed by atoms with van der Waals surface area (Å²) in [6, 6.07) is 5.10. The molecule has 0 radical (unpaired) electrons. The van der Waals surface area contributed by atoms with Crippen molar-refractivity contribution >= 4 is 26.8 Å². The van der Waals surface area contributed by atoms with E-state index < -0.39 is 15.8 Å². The zero-order chi connectivity index (χ0) is 15.6. The molecule has 1 heterocycles. The van der Waals surface area contributed by atoms with Crippen LogP contribution in [0.4, 0.5) is 0 Å². The number of esters is 1. The fraction of sp³-hybridized carbons (Fsp3) is 0.400. The molecule has 0 atom stereocenters. The molecule has 0 spiro atoms. The molecule has 0 bridgehead atoms. The average Bonchev–Trinajstić information content (AvgIpc) is 2.83. The SMILES string of the molecule is CCc1oc2ccc(CS(=O)(=O)CC)cc2c1C(=O)OC. The number of aryl methyl sites for hydroxylation is 1. The van der Waals surface area contributed by atoms with E-state index >= 15 is 0 Å². The minimum atomic E-state index is -3.13. The van der Waals surface area contributed by atoms with Gasteiger partial charge in [-0.2, -0.15) is 0 Å². The zero-order valence-corrected chi connectivity index (χ0v) is 13.1. The van der Waals surface area contributed by atoms with E-state index in [0.717, 1.165) is 0 Å². The van der Waals surface area contributed by atoms with E-state index in [2.05, 4.69) is 0 Å². The van der Waals surface area contributed by atoms with Gasteiger partial charge in [-0.25, -0.2) is 13.2 Å². The van der Waals surface area contributed by atoms with E-state index in [1.54, 1.807) is 25.1 Å². The average molecular weight is 310 g/mol. The van der Waals surface area contributed by atoms with Crippen LogP contribution in [0.15, 0.2) is 22.6 Å². The van der Waals surface area contributed by atoms with Gasteiger partial charge in [0, 0.05) is 17.6 Å². The molecule has 114 valence electrons. The molecule has 0 aliphatic rings. The number of sulfone groups is 1. The molecule has 21 heavy (non-hydrogen) atoms. The Balaban J connectivity index is 2.58. The van der Waals surface area contributed by atoms with Gasteiger partial charge in [-0.05, 0) is 17.7 Å². The number of hydrogen-bond donors (Lipinski definition) is 0. The van der Waals surface area contributed by atoms with Gasteiger partial charge in [0.15, 0.2) is 9.84 Å². The number of methoxy groups -OCH3 is 1. The van der Waals surface area contributed by atoms with E-state index in [-0.39, 0.29) is 11.5 Å². The maximum atomic E-state index is 11.9. The molecule has 0 aliphatic heterocycles. The Morgan fingerprint density at radius 3 is 2.57 bits per heavy atom. The number of benzene rings is 1. The summed E-state index contributed by atoms with van der Waals surface area (Å²) < 4.78 is 33.9. The summed E-state index contributed by atoms with van der Waals surface area (Å²) in [5.41, 5.74) is 1.58. The Morgan fingerprint density at radius 2 is 2.00 bits per heavy atom. The third kappa shape index (κ3) is 3.10. The number of ether oxygens (including phenoxy) is 1. The molecule has 2 aromatic rings. The second-order valence-electron chi connectivity index (χ2n) is 4.75. The standard InChI is InChI=1S/C15H18O5S/c1-4-12-14(15(16)19-3)11-8-10(6-7-13(11)20-12)9-21(17,18)5-2/h6-8H,4-5,9H2,1-3H3. The molecule has 0 amide bonds. The Kier molecular flexibility index (Phi) is 4.37. The second kappa shape index (κ2) is 5.89. The van der Waals surface area contributed by atoms with Crippen LogP contribution in [-0.2, 0) is 26.7 Å². The molecule has 1 aromatic heterocycles. The number of fused-ring (bicyclic) bond motifs is 1. The number of carbonyl (C=O) groups excluding carboxylic acids is 1. The highest BCUT2D eigenvalue weighted by molar-refractivity contribution is 7.90. The number of rotatable bonds is 5. The van der Waals surface area contributed by atoms with Gasteiger partial charge in [-0.1, -0.05) is 19.9 Å². The summed E-state index contributed by atoms with van der Waals surface area (Å²) in [4.78, 5) is 11.9. The van der Waals surface area contributed by atoms with Gasteiger partial charge < -0.3 is 9.15 Å². The lowest BCUT2D eigenvalue weighted by Gasteiger charge is -2.02. The molecule has 2 rings (SSSR count). The Morgan fingerprint density at radius 1 is 1.29 bits per heavy atom. The van der Waals surface area contributed by atoms with Crippen molar-refractivity contribution in [2.45, 2.75) is 26.0 Å². The van der Waals surface area contributed by atoms with Gasteiger partial charge in [-0.3, -0.25) is 0 Å². The van der Waals surface area contributed by atoms with Crippen molar-refractivity contribution in [3.05, 3.63) is 35.1 Å². The highest BCUT2D eigenvalue weighted by Gasteiger charge is 2.21. The summed E-state index contributed by atoms with van der Waals surface area (Å²) in [7, 11) is -1.81. The van der Waals surface area contributed by atoms with Crippen molar-refractivity contribution in [3.63, 3.8) is 0 Å². The van der Waals surface area contributed by atoms with Gasteiger partial charge >= 0.3 is 5.97 Å². The predicted octanol–water partition coefficient (Wildman–Crippen LogP) is 2.72. The number of hydrogen-bond acceptors (Lipinski definition) is 5. The Bertz CT molecular complexity index is 771. The summed E-state index contributed by atoms with van der Waals surface area (Å²) in [5.74, 6) is 0.112. The predicted molar refractivity (Wildman–Crippen MR) is 80.1 cm³/mol. The number of furan rings is 1. The molecular formula is C15H18O5S. The number of carbonyl (C=O) groups is 1. The molecule has 0 fully saturated rings. The molecule has 0 N–H and O–H groups in total. The first kappa shape index (κ1) is 15.6. The van der Waals surface area contributed by atoms with Gasteiger partial charge in [0.25, 0.3) is 0 Å². The minimum absolute atomic E-state index is 0.0489. The van der Waals surface area contributed by atoms with Crippen LogP contribution in [-0.4, -0.2) is 27.2 Å². The smallest absolute Gasteiger partial charge is 0.342 e. The normalized spacial score (nSPS) is 11.8. The Hall–Kier alpha value is -1.82. The van der Waals surface area contributed by atoms with E-state index in [0.29, 0.717) is 34.3 Å². The van der Waals surface area contributed by atoms with Crippen LogP contribution in [0.25, 0.3) is 11.0 Å². The maximum Gasteiger partial charge on any atom is 0.342 e. The minimum Gasteiger partial charge on any atom is -0.465 e. The van der Waals surface area contributed by atoms with Crippen LogP contribution in [0.2, 0.25) is 0 Å². The van der Waals surface area contributed by atoms with E-state index in [9.17, 15) is 13.2 Å². The largest absolute Gasteiger partial charge is 0.465 e. The van der Waals surface area contributed by atoms with Crippen molar-refractivity contribution < 1.29 is 22.4 Å². The first-order chi connectivity index (χ1) is 9.91. The first-order valence-corrected chi connectivity index (χ1v) is 8.57. The van der Waals surface area contributed by atoms with Crippen LogP contribution < -0.4 is 0 Å². The second-order valence-corrected chi connectivity index (χ2v) is 7.11. The van der Waals surface area contributed by atoms with Gasteiger partial charge in [-0.15, -0.1) is 0 Å². The van der Waals surface area contributed by atoms with Crippen molar-refractivity contribution in [2.24, 2.45) is 0 Å².